The molecule has 0 radical (unpaired) electrons. The monoisotopic (exact) mass is 304 g/mol. The molecule has 0 aliphatic heterocycles. The van der Waals surface area contributed by atoms with Crippen LogP contribution in [-0.2, 0) is 0 Å². The number of nitro benzene ring substituents is 1. The Morgan fingerprint density at radius 3 is 2.55 bits per heavy atom. The van der Waals surface area contributed by atoms with E-state index in [-0.39, 0.29) is 23.8 Å². The van der Waals surface area contributed by atoms with Crippen molar-refractivity contribution in [3.8, 4) is 11.5 Å². The summed E-state index contributed by atoms with van der Waals surface area (Å²) >= 11 is 0. The van der Waals surface area contributed by atoms with Crippen molar-refractivity contribution < 1.29 is 19.2 Å². The normalized spacial score (nSPS) is 10.3. The summed E-state index contributed by atoms with van der Waals surface area (Å²) < 4.78 is 10.5. The summed E-state index contributed by atoms with van der Waals surface area (Å²) in [6, 6.07) is 5.73. The summed E-state index contributed by atoms with van der Waals surface area (Å²) in [6.07, 6.45) is 0. The zero-order valence-corrected chi connectivity index (χ0v) is 12.5. The number of carbonyl (C=O) groups excluding carboxylic acids is 1. The summed E-state index contributed by atoms with van der Waals surface area (Å²) in [6.45, 7) is 3.43. The average Bonchev–Trinajstić information content (AvgIpc) is 2.83. The van der Waals surface area contributed by atoms with Crippen molar-refractivity contribution >= 4 is 11.5 Å². The number of nitrogens with one attached hydrogen (secondary N) is 1. The highest BCUT2D eigenvalue weighted by Crippen LogP contribution is 2.31. The summed E-state index contributed by atoms with van der Waals surface area (Å²) in [5, 5.41) is 10.8. The molecule has 0 atom stereocenters. The molecule has 0 fully saturated rings. The lowest BCUT2D eigenvalue weighted by atomic mass is 10.1. The fourth-order valence-electron chi connectivity index (χ4n) is 2.13. The minimum atomic E-state index is -0.534. The molecular formula is C15H16N2O5. The summed E-state index contributed by atoms with van der Waals surface area (Å²) in [5.74, 6) is 0.283. The number of non-ortho nitro benzene ring substituents is 1. The molecule has 22 heavy (non-hydrogen) atoms. The third kappa shape index (κ3) is 3.25. The quantitative estimate of drug-likeness (QED) is 0.503. The molecule has 2 aromatic rings. The Morgan fingerprint density at radius 1 is 1.27 bits per heavy atom. The fourth-order valence-corrected chi connectivity index (χ4v) is 2.13. The number of ketones is 1. The number of hydrogen-bond donors (Lipinski definition) is 1. The predicted octanol–water partition coefficient (Wildman–Crippen LogP) is 2.81. The van der Waals surface area contributed by atoms with E-state index in [1.165, 1.54) is 25.3 Å². The van der Waals surface area contributed by atoms with Crippen LogP contribution in [0.5, 0.6) is 11.5 Å². The van der Waals surface area contributed by atoms with Gasteiger partial charge in [-0.25, -0.2) is 0 Å². The van der Waals surface area contributed by atoms with Gasteiger partial charge >= 0.3 is 0 Å². The SMILES string of the molecule is COc1ccc([N+](=O)[O-])cc1OCC(=O)c1cc(C)[nH]c1C. The molecule has 1 aromatic heterocycles. The number of nitrogens with zero attached hydrogens (tertiary/aromatic N) is 1. The number of nitro groups is 1. The van der Waals surface area contributed by atoms with Crippen molar-refractivity contribution in [2.24, 2.45) is 0 Å². The molecule has 1 aromatic carbocycles. The number of carbonyl (C=O) groups is 1. The maximum Gasteiger partial charge on any atom is 0.273 e. The van der Waals surface area contributed by atoms with E-state index in [9.17, 15) is 14.9 Å². The third-order valence-corrected chi connectivity index (χ3v) is 3.17. The fraction of sp³-hybridized carbons (Fsp3) is 0.267. The number of hydrogen-bond acceptors (Lipinski definition) is 5. The van der Waals surface area contributed by atoms with E-state index in [1.54, 1.807) is 13.0 Å². The van der Waals surface area contributed by atoms with E-state index in [0.717, 1.165) is 11.4 Å². The molecule has 1 heterocycles. The van der Waals surface area contributed by atoms with Gasteiger partial charge in [-0.3, -0.25) is 14.9 Å². The standard InChI is InChI=1S/C15H16N2O5/c1-9-6-12(10(2)16-9)13(18)8-22-15-7-11(17(19)20)4-5-14(15)21-3/h4-7,16H,8H2,1-3H3. The number of benzene rings is 1. The molecule has 0 aliphatic carbocycles. The summed E-state index contributed by atoms with van der Waals surface area (Å²) in [4.78, 5) is 25.5. The van der Waals surface area contributed by atoms with Gasteiger partial charge in [-0.05, 0) is 26.0 Å². The van der Waals surface area contributed by atoms with E-state index < -0.39 is 4.92 Å². The van der Waals surface area contributed by atoms with Crippen LogP contribution in [-0.4, -0.2) is 29.4 Å². The predicted molar refractivity (Wildman–Crippen MR) is 79.7 cm³/mol. The number of aryl methyl sites for hydroxylation is 2. The topological polar surface area (TPSA) is 94.5 Å². The molecular weight excluding hydrogens is 288 g/mol. The van der Waals surface area contributed by atoms with E-state index in [1.807, 2.05) is 6.92 Å². The van der Waals surface area contributed by atoms with Crippen molar-refractivity contribution in [2.45, 2.75) is 13.8 Å². The average molecular weight is 304 g/mol. The van der Waals surface area contributed by atoms with Crippen LogP contribution in [0.1, 0.15) is 21.7 Å². The maximum atomic E-state index is 12.2. The first-order valence-electron chi connectivity index (χ1n) is 6.57. The maximum absolute atomic E-state index is 12.2. The molecule has 0 spiro atoms. The molecule has 0 amide bonds. The molecule has 0 saturated heterocycles. The highest BCUT2D eigenvalue weighted by atomic mass is 16.6. The Balaban J connectivity index is 2.16. The van der Waals surface area contributed by atoms with Crippen LogP contribution >= 0.6 is 0 Å². The molecule has 0 unspecified atom stereocenters. The third-order valence-electron chi connectivity index (χ3n) is 3.17. The minimum absolute atomic E-state index is 0.128. The second-order valence-corrected chi connectivity index (χ2v) is 4.80. The number of H-pyrrole nitrogens is 1. The summed E-state index contributed by atoms with van der Waals surface area (Å²) in [7, 11) is 1.43. The number of methoxy groups -OCH3 is 1. The van der Waals surface area contributed by atoms with Crippen molar-refractivity contribution in [1.82, 2.24) is 4.98 Å². The van der Waals surface area contributed by atoms with Crippen molar-refractivity contribution in [2.75, 3.05) is 13.7 Å². The van der Waals surface area contributed by atoms with Crippen LogP contribution in [0.3, 0.4) is 0 Å². The number of ether oxygens (including phenoxy) is 2. The minimum Gasteiger partial charge on any atom is -0.493 e. The Hall–Kier alpha value is -2.83. The first kappa shape index (κ1) is 15.6. The van der Waals surface area contributed by atoms with E-state index >= 15 is 0 Å². The van der Waals surface area contributed by atoms with Gasteiger partial charge in [0.2, 0.25) is 5.78 Å². The van der Waals surface area contributed by atoms with Crippen LogP contribution in [0.4, 0.5) is 5.69 Å². The van der Waals surface area contributed by atoms with Gasteiger partial charge in [-0.15, -0.1) is 0 Å². The van der Waals surface area contributed by atoms with E-state index in [2.05, 4.69) is 4.98 Å². The van der Waals surface area contributed by atoms with Crippen molar-refractivity contribution in [1.29, 1.82) is 0 Å². The Kier molecular flexibility index (Phi) is 4.45. The Labute approximate surface area is 127 Å². The van der Waals surface area contributed by atoms with Gasteiger partial charge in [0.05, 0.1) is 18.1 Å². The largest absolute Gasteiger partial charge is 0.493 e. The van der Waals surface area contributed by atoms with Gasteiger partial charge in [0, 0.05) is 23.0 Å². The number of aromatic amines is 1. The van der Waals surface area contributed by atoms with Crippen molar-refractivity contribution in [3.05, 3.63) is 51.3 Å². The molecule has 7 heteroatoms. The zero-order valence-electron chi connectivity index (χ0n) is 12.5. The van der Waals surface area contributed by atoms with Crippen molar-refractivity contribution in [3.63, 3.8) is 0 Å². The number of aromatic nitrogens is 1. The molecule has 0 bridgehead atoms. The van der Waals surface area contributed by atoms with Crippen LogP contribution < -0.4 is 9.47 Å². The highest BCUT2D eigenvalue weighted by Gasteiger charge is 2.16. The summed E-state index contributed by atoms with van der Waals surface area (Å²) in [5.41, 5.74) is 2.06. The van der Waals surface area contributed by atoms with E-state index in [0.29, 0.717) is 11.3 Å². The molecule has 116 valence electrons. The Bertz CT molecular complexity index is 721. The van der Waals surface area contributed by atoms with Crippen LogP contribution in [0, 0.1) is 24.0 Å². The van der Waals surface area contributed by atoms with Gasteiger partial charge < -0.3 is 14.5 Å². The van der Waals surface area contributed by atoms with Gasteiger partial charge in [0.15, 0.2) is 18.1 Å². The second-order valence-electron chi connectivity index (χ2n) is 4.80. The molecule has 2 rings (SSSR count). The van der Waals surface area contributed by atoms with Gasteiger partial charge in [0.1, 0.15) is 0 Å². The van der Waals surface area contributed by atoms with Crippen LogP contribution in [0.25, 0.3) is 0 Å². The zero-order chi connectivity index (χ0) is 16.3. The lowest BCUT2D eigenvalue weighted by Crippen LogP contribution is -2.12. The molecule has 7 nitrogen and oxygen atoms in total. The van der Waals surface area contributed by atoms with Gasteiger partial charge in [-0.1, -0.05) is 0 Å². The lowest BCUT2D eigenvalue weighted by molar-refractivity contribution is -0.385. The first-order chi connectivity index (χ1) is 10.4. The smallest absolute Gasteiger partial charge is 0.273 e. The first-order valence-corrected chi connectivity index (χ1v) is 6.57. The van der Waals surface area contributed by atoms with Crippen LogP contribution in [0.2, 0.25) is 0 Å². The number of Topliss-reactive ketones (excluding diaryl/α,β-unsaturated/α-hetero) is 1. The number of rotatable bonds is 6. The molecule has 0 aliphatic rings. The Morgan fingerprint density at radius 2 is 2.00 bits per heavy atom. The lowest BCUT2D eigenvalue weighted by Gasteiger charge is -2.09. The van der Waals surface area contributed by atoms with E-state index in [4.69, 9.17) is 9.47 Å². The van der Waals surface area contributed by atoms with Gasteiger partial charge in [-0.2, -0.15) is 0 Å². The molecule has 1 N–H and O–H groups in total. The van der Waals surface area contributed by atoms with Crippen LogP contribution in [0.15, 0.2) is 24.3 Å². The highest BCUT2D eigenvalue weighted by molar-refractivity contribution is 5.98. The van der Waals surface area contributed by atoms with Gasteiger partial charge in [0.25, 0.3) is 5.69 Å². The second kappa shape index (κ2) is 6.30. The molecule has 0 saturated carbocycles.